The molecule has 0 aliphatic heterocycles. The first kappa shape index (κ1) is 20.3. The minimum absolute atomic E-state index is 0.572. The summed E-state index contributed by atoms with van der Waals surface area (Å²) in [5, 5.41) is 6.58. The highest BCUT2D eigenvalue weighted by atomic mass is 16.5. The third-order valence-corrected chi connectivity index (χ3v) is 4.38. The highest BCUT2D eigenvalue weighted by molar-refractivity contribution is 5.62. The van der Waals surface area contributed by atoms with Crippen molar-refractivity contribution in [2.24, 2.45) is 0 Å². The Balaban J connectivity index is 1.68. The number of para-hydroxylation sites is 1. The fourth-order valence-corrected chi connectivity index (χ4v) is 2.99. The molecule has 3 aromatic rings. The minimum Gasteiger partial charge on any atom is -0.496 e. The van der Waals surface area contributed by atoms with Gasteiger partial charge in [0.2, 0.25) is 5.95 Å². The van der Waals surface area contributed by atoms with Gasteiger partial charge in [0, 0.05) is 30.1 Å². The number of anilines is 3. The van der Waals surface area contributed by atoms with Gasteiger partial charge in [-0.3, -0.25) is 0 Å². The number of aromatic nitrogens is 2. The molecule has 3 rings (SSSR count). The molecule has 7 heteroatoms. The Morgan fingerprint density at radius 1 is 0.828 bits per heavy atom. The maximum Gasteiger partial charge on any atom is 0.224 e. The molecular weight excluding hydrogens is 368 g/mol. The van der Waals surface area contributed by atoms with Crippen LogP contribution in [0, 0.1) is 6.92 Å². The van der Waals surface area contributed by atoms with Gasteiger partial charge in [0.1, 0.15) is 11.6 Å². The average Bonchev–Trinajstić information content (AvgIpc) is 2.73. The van der Waals surface area contributed by atoms with Crippen LogP contribution in [0.1, 0.15) is 11.3 Å². The highest BCUT2D eigenvalue weighted by Crippen LogP contribution is 2.31. The fraction of sp³-hybridized carbons (Fsp3) is 0.273. The van der Waals surface area contributed by atoms with Crippen molar-refractivity contribution in [3.8, 4) is 17.2 Å². The van der Waals surface area contributed by atoms with Crippen LogP contribution in [-0.4, -0.2) is 37.8 Å². The van der Waals surface area contributed by atoms with Crippen molar-refractivity contribution in [1.29, 1.82) is 0 Å². The summed E-state index contributed by atoms with van der Waals surface area (Å²) in [6.07, 6.45) is 0.805. The van der Waals surface area contributed by atoms with Crippen molar-refractivity contribution in [3.63, 3.8) is 0 Å². The van der Waals surface area contributed by atoms with Crippen LogP contribution in [0.25, 0.3) is 0 Å². The van der Waals surface area contributed by atoms with E-state index >= 15 is 0 Å². The van der Waals surface area contributed by atoms with Gasteiger partial charge in [0.25, 0.3) is 0 Å². The normalized spacial score (nSPS) is 10.3. The summed E-state index contributed by atoms with van der Waals surface area (Å²) in [7, 11) is 4.91. The number of aryl methyl sites for hydroxylation is 1. The molecule has 0 unspecified atom stereocenters. The van der Waals surface area contributed by atoms with E-state index < -0.39 is 0 Å². The van der Waals surface area contributed by atoms with Crippen molar-refractivity contribution >= 4 is 17.5 Å². The average molecular weight is 394 g/mol. The van der Waals surface area contributed by atoms with E-state index in [-0.39, 0.29) is 0 Å². The molecule has 152 valence electrons. The summed E-state index contributed by atoms with van der Waals surface area (Å²) in [6.45, 7) is 2.63. The minimum atomic E-state index is 0.572. The number of rotatable bonds is 9. The topological polar surface area (TPSA) is 77.5 Å². The second-order valence-corrected chi connectivity index (χ2v) is 6.40. The van der Waals surface area contributed by atoms with Gasteiger partial charge in [-0.05, 0) is 37.1 Å². The van der Waals surface area contributed by atoms with Crippen molar-refractivity contribution in [3.05, 3.63) is 59.8 Å². The van der Waals surface area contributed by atoms with E-state index in [1.54, 1.807) is 21.3 Å². The summed E-state index contributed by atoms with van der Waals surface area (Å²) < 4.78 is 16.0. The molecule has 29 heavy (non-hydrogen) atoms. The van der Waals surface area contributed by atoms with Crippen molar-refractivity contribution in [2.45, 2.75) is 13.3 Å². The van der Waals surface area contributed by atoms with E-state index in [9.17, 15) is 0 Å². The Labute approximate surface area is 171 Å². The second-order valence-electron chi connectivity index (χ2n) is 6.40. The summed E-state index contributed by atoms with van der Waals surface area (Å²) in [5.74, 6) is 3.48. The maximum atomic E-state index is 5.40. The van der Waals surface area contributed by atoms with Crippen LogP contribution in [0.2, 0.25) is 0 Å². The quantitative estimate of drug-likeness (QED) is 0.563. The van der Waals surface area contributed by atoms with Gasteiger partial charge in [-0.25, -0.2) is 4.98 Å². The predicted octanol–water partition coefficient (Wildman–Crippen LogP) is 4.21. The van der Waals surface area contributed by atoms with Gasteiger partial charge in [-0.15, -0.1) is 0 Å². The number of benzene rings is 2. The molecule has 0 saturated carbocycles. The lowest BCUT2D eigenvalue weighted by Gasteiger charge is -2.13. The van der Waals surface area contributed by atoms with E-state index in [1.807, 2.05) is 49.4 Å². The Morgan fingerprint density at radius 3 is 2.34 bits per heavy atom. The lowest BCUT2D eigenvalue weighted by atomic mass is 10.1. The van der Waals surface area contributed by atoms with Crippen molar-refractivity contribution in [2.75, 3.05) is 38.5 Å². The predicted molar refractivity (Wildman–Crippen MR) is 115 cm³/mol. The van der Waals surface area contributed by atoms with E-state index in [1.165, 1.54) is 0 Å². The van der Waals surface area contributed by atoms with Gasteiger partial charge in [0.15, 0.2) is 11.5 Å². The van der Waals surface area contributed by atoms with Crippen LogP contribution < -0.4 is 24.8 Å². The number of methoxy groups -OCH3 is 3. The monoisotopic (exact) mass is 394 g/mol. The van der Waals surface area contributed by atoms with Crippen LogP contribution in [-0.2, 0) is 6.42 Å². The molecule has 2 aromatic carbocycles. The molecule has 0 fully saturated rings. The van der Waals surface area contributed by atoms with Gasteiger partial charge in [-0.1, -0.05) is 18.2 Å². The molecule has 0 aliphatic carbocycles. The van der Waals surface area contributed by atoms with Gasteiger partial charge < -0.3 is 24.8 Å². The number of nitrogens with zero attached hydrogens (tertiary/aromatic N) is 2. The van der Waals surface area contributed by atoms with Crippen molar-refractivity contribution < 1.29 is 14.2 Å². The van der Waals surface area contributed by atoms with Crippen LogP contribution >= 0.6 is 0 Å². The first-order valence-corrected chi connectivity index (χ1v) is 9.33. The van der Waals surface area contributed by atoms with Crippen LogP contribution in [0.4, 0.5) is 17.5 Å². The third-order valence-electron chi connectivity index (χ3n) is 4.38. The molecule has 0 spiro atoms. The smallest absolute Gasteiger partial charge is 0.224 e. The lowest BCUT2D eigenvalue weighted by molar-refractivity contribution is 0.355. The summed E-state index contributed by atoms with van der Waals surface area (Å²) >= 11 is 0. The molecular formula is C22H26N4O3. The molecule has 0 atom stereocenters. The standard InChI is InChI=1S/C22H26N4O3/c1-15-13-21(25-17-9-10-19(28-3)20(14-17)29-4)26-22(24-15)23-12-11-16-7-5-6-8-18(16)27-2/h5-10,13-14H,11-12H2,1-4H3,(H2,23,24,25,26). The number of nitrogens with one attached hydrogen (secondary N) is 2. The zero-order valence-corrected chi connectivity index (χ0v) is 17.2. The summed E-state index contributed by atoms with van der Waals surface area (Å²) in [6, 6.07) is 15.5. The first-order chi connectivity index (χ1) is 14.1. The Morgan fingerprint density at radius 2 is 1.59 bits per heavy atom. The Kier molecular flexibility index (Phi) is 6.73. The molecule has 0 amide bonds. The highest BCUT2D eigenvalue weighted by Gasteiger charge is 2.08. The fourth-order valence-electron chi connectivity index (χ4n) is 2.99. The Bertz CT molecular complexity index is 963. The molecule has 1 heterocycles. The van der Waals surface area contributed by atoms with E-state index in [2.05, 4.69) is 26.7 Å². The van der Waals surface area contributed by atoms with Crippen LogP contribution in [0.15, 0.2) is 48.5 Å². The SMILES string of the molecule is COc1ccccc1CCNc1nc(C)cc(Nc2ccc(OC)c(OC)c2)n1. The molecule has 0 bridgehead atoms. The van der Waals surface area contributed by atoms with Crippen molar-refractivity contribution in [1.82, 2.24) is 9.97 Å². The Hall–Kier alpha value is -3.48. The lowest BCUT2D eigenvalue weighted by Crippen LogP contribution is -2.10. The molecule has 1 aromatic heterocycles. The van der Waals surface area contributed by atoms with E-state index in [0.717, 1.165) is 29.1 Å². The first-order valence-electron chi connectivity index (χ1n) is 9.33. The molecule has 0 saturated heterocycles. The zero-order valence-electron chi connectivity index (χ0n) is 17.2. The van der Waals surface area contributed by atoms with E-state index in [4.69, 9.17) is 14.2 Å². The number of ether oxygens (including phenoxy) is 3. The van der Waals surface area contributed by atoms with Gasteiger partial charge >= 0.3 is 0 Å². The third kappa shape index (κ3) is 5.28. The number of hydrogen-bond acceptors (Lipinski definition) is 7. The molecule has 7 nitrogen and oxygen atoms in total. The largest absolute Gasteiger partial charge is 0.496 e. The van der Waals surface area contributed by atoms with Crippen LogP contribution in [0.3, 0.4) is 0 Å². The maximum absolute atomic E-state index is 5.40. The summed E-state index contributed by atoms with van der Waals surface area (Å²) in [4.78, 5) is 9.04. The van der Waals surface area contributed by atoms with Crippen LogP contribution in [0.5, 0.6) is 17.2 Å². The molecule has 2 N–H and O–H groups in total. The van der Waals surface area contributed by atoms with Gasteiger partial charge in [0.05, 0.1) is 21.3 Å². The van der Waals surface area contributed by atoms with Gasteiger partial charge in [-0.2, -0.15) is 4.98 Å². The molecule has 0 aliphatic rings. The number of hydrogen-bond donors (Lipinski definition) is 2. The zero-order chi connectivity index (χ0) is 20.6. The summed E-state index contributed by atoms with van der Waals surface area (Å²) in [5.41, 5.74) is 2.85. The molecule has 0 radical (unpaired) electrons. The second kappa shape index (κ2) is 9.64. The van der Waals surface area contributed by atoms with E-state index in [0.29, 0.717) is 29.8 Å².